The van der Waals surface area contributed by atoms with E-state index < -0.39 is 9.84 Å². The van der Waals surface area contributed by atoms with E-state index in [1.54, 1.807) is 7.11 Å². The van der Waals surface area contributed by atoms with Gasteiger partial charge >= 0.3 is 0 Å². The van der Waals surface area contributed by atoms with Crippen molar-refractivity contribution in [2.45, 2.75) is 30.2 Å². The van der Waals surface area contributed by atoms with E-state index in [0.717, 1.165) is 37.2 Å². The van der Waals surface area contributed by atoms with Crippen molar-refractivity contribution in [3.63, 3.8) is 0 Å². The van der Waals surface area contributed by atoms with Gasteiger partial charge in [0.1, 0.15) is 10.6 Å². The fraction of sp³-hybridized carbons (Fsp3) is 0.474. The highest BCUT2D eigenvalue weighted by atomic mass is 32.2. The Hall–Kier alpha value is -2.19. The van der Waals surface area contributed by atoms with Crippen LogP contribution >= 0.6 is 0 Å². The number of aromatic nitrogens is 2. The van der Waals surface area contributed by atoms with Gasteiger partial charge in [-0.25, -0.2) is 18.4 Å². The quantitative estimate of drug-likeness (QED) is 0.807. The number of anilines is 1. The molecule has 1 saturated heterocycles. The van der Waals surface area contributed by atoms with Gasteiger partial charge in [-0.3, -0.25) is 0 Å². The number of benzene rings is 1. The Morgan fingerprint density at radius 2 is 2.04 bits per heavy atom. The van der Waals surface area contributed by atoms with Crippen LogP contribution in [0.15, 0.2) is 35.4 Å². The average molecular weight is 391 g/mol. The van der Waals surface area contributed by atoms with E-state index in [2.05, 4.69) is 15.3 Å². The Morgan fingerprint density at radius 3 is 2.63 bits per heavy atom. The summed E-state index contributed by atoms with van der Waals surface area (Å²) in [6.45, 7) is 2.31. The molecule has 0 bridgehead atoms. The van der Waals surface area contributed by atoms with E-state index in [1.807, 2.05) is 36.2 Å². The zero-order valence-electron chi connectivity index (χ0n) is 16.0. The van der Waals surface area contributed by atoms with Gasteiger partial charge in [0.05, 0.1) is 19.0 Å². The Kier molecular flexibility index (Phi) is 5.96. The Bertz CT molecular complexity index is 878. The first kappa shape index (κ1) is 19.6. The lowest BCUT2D eigenvalue weighted by atomic mass is 9.96. The molecule has 0 aliphatic carbocycles. The van der Waals surface area contributed by atoms with Gasteiger partial charge in [0.2, 0.25) is 5.95 Å². The zero-order chi connectivity index (χ0) is 19.4. The van der Waals surface area contributed by atoms with E-state index in [9.17, 15) is 8.42 Å². The molecule has 0 spiro atoms. The van der Waals surface area contributed by atoms with Crippen LogP contribution in [0.25, 0.3) is 0 Å². The van der Waals surface area contributed by atoms with Crippen LogP contribution in [0.3, 0.4) is 0 Å². The highest BCUT2D eigenvalue weighted by Crippen LogP contribution is 2.28. The van der Waals surface area contributed by atoms with E-state index in [1.165, 1.54) is 12.5 Å². The van der Waals surface area contributed by atoms with E-state index in [0.29, 0.717) is 18.2 Å². The first-order chi connectivity index (χ1) is 12.9. The van der Waals surface area contributed by atoms with Crippen LogP contribution < -0.4 is 15.0 Å². The number of methoxy groups -OCH3 is 1. The minimum atomic E-state index is -3.38. The predicted molar refractivity (Wildman–Crippen MR) is 105 cm³/mol. The topological polar surface area (TPSA) is 84.4 Å². The molecule has 1 aromatic carbocycles. The largest absolute Gasteiger partial charge is 0.497 e. The second-order valence-electron chi connectivity index (χ2n) is 6.94. The fourth-order valence-corrected chi connectivity index (χ4v) is 4.13. The van der Waals surface area contributed by atoms with Crippen LogP contribution in [-0.2, 0) is 16.4 Å². The summed E-state index contributed by atoms with van der Waals surface area (Å²) in [6.07, 6.45) is 4.60. The number of nitrogens with one attached hydrogen (secondary N) is 1. The summed E-state index contributed by atoms with van der Waals surface area (Å²) in [4.78, 5) is 11.1. The van der Waals surface area contributed by atoms with Crippen molar-refractivity contribution in [1.29, 1.82) is 0 Å². The maximum atomic E-state index is 12.2. The summed E-state index contributed by atoms with van der Waals surface area (Å²) in [5, 5.41) is 3.33. The number of ether oxygens (including phenoxy) is 1. The molecule has 27 heavy (non-hydrogen) atoms. The lowest BCUT2D eigenvalue weighted by Gasteiger charge is -2.25. The van der Waals surface area contributed by atoms with Crippen molar-refractivity contribution < 1.29 is 13.2 Å². The smallest absolute Gasteiger partial charge is 0.225 e. The van der Waals surface area contributed by atoms with E-state index in [4.69, 9.17) is 4.74 Å². The minimum Gasteiger partial charge on any atom is -0.497 e. The summed E-state index contributed by atoms with van der Waals surface area (Å²) >= 11 is 0. The second-order valence-corrected chi connectivity index (χ2v) is 8.92. The highest BCUT2D eigenvalue weighted by molar-refractivity contribution is 7.90. The maximum Gasteiger partial charge on any atom is 0.225 e. The molecule has 0 radical (unpaired) electrons. The molecule has 1 unspecified atom stereocenters. The van der Waals surface area contributed by atoms with Gasteiger partial charge in [0, 0.05) is 32.3 Å². The van der Waals surface area contributed by atoms with Crippen molar-refractivity contribution in [3.8, 4) is 5.75 Å². The number of piperidine rings is 1. The Labute approximate surface area is 160 Å². The van der Waals surface area contributed by atoms with Gasteiger partial charge in [-0.2, -0.15) is 0 Å². The van der Waals surface area contributed by atoms with Crippen molar-refractivity contribution in [1.82, 2.24) is 15.3 Å². The van der Waals surface area contributed by atoms with Crippen LogP contribution in [0.5, 0.6) is 5.75 Å². The molecule has 2 aromatic rings. The molecule has 8 heteroatoms. The van der Waals surface area contributed by atoms with Gasteiger partial charge in [-0.1, -0.05) is 12.1 Å². The summed E-state index contributed by atoms with van der Waals surface area (Å²) in [5.74, 6) is 1.42. The number of hydrogen-bond donors (Lipinski definition) is 1. The number of rotatable bonds is 6. The monoisotopic (exact) mass is 390 g/mol. The third-order valence-corrected chi connectivity index (χ3v) is 5.89. The highest BCUT2D eigenvalue weighted by Gasteiger charge is 2.25. The molecule has 7 nitrogen and oxygen atoms in total. The van der Waals surface area contributed by atoms with E-state index in [-0.39, 0.29) is 10.8 Å². The summed E-state index contributed by atoms with van der Waals surface area (Å²) < 4.78 is 29.6. The van der Waals surface area contributed by atoms with Gasteiger partial charge < -0.3 is 15.0 Å². The van der Waals surface area contributed by atoms with Gasteiger partial charge in [0.25, 0.3) is 0 Å². The SMILES string of the molecule is COc1ccc(CN(C)c2ncc(S(C)(=O)=O)c(C3CCCNC3)n2)cc1. The summed E-state index contributed by atoms with van der Waals surface area (Å²) in [6, 6.07) is 7.81. The third-order valence-electron chi connectivity index (χ3n) is 4.77. The summed E-state index contributed by atoms with van der Waals surface area (Å²) in [5.41, 5.74) is 1.71. The lowest BCUT2D eigenvalue weighted by molar-refractivity contribution is 0.414. The zero-order valence-corrected chi connectivity index (χ0v) is 16.8. The van der Waals surface area contributed by atoms with Crippen LogP contribution in [0.2, 0.25) is 0 Å². The number of sulfone groups is 1. The lowest BCUT2D eigenvalue weighted by Crippen LogP contribution is -2.30. The van der Waals surface area contributed by atoms with Gasteiger partial charge in [0.15, 0.2) is 9.84 Å². The molecule has 1 aromatic heterocycles. The predicted octanol–water partition coefficient (Wildman–Crippen LogP) is 1.99. The van der Waals surface area contributed by atoms with Crippen molar-refractivity contribution in [3.05, 3.63) is 41.7 Å². The van der Waals surface area contributed by atoms with Crippen LogP contribution in [0.1, 0.15) is 30.0 Å². The van der Waals surface area contributed by atoms with Crippen molar-refractivity contribution in [2.75, 3.05) is 38.4 Å². The molecular formula is C19H26N4O3S. The van der Waals surface area contributed by atoms with E-state index >= 15 is 0 Å². The average Bonchev–Trinajstić information content (AvgIpc) is 2.68. The molecule has 0 amide bonds. The Morgan fingerprint density at radius 1 is 1.30 bits per heavy atom. The van der Waals surface area contributed by atoms with Gasteiger partial charge in [-0.05, 0) is 37.1 Å². The molecule has 146 valence electrons. The van der Waals surface area contributed by atoms with Crippen LogP contribution in [-0.4, -0.2) is 51.9 Å². The molecule has 1 fully saturated rings. The maximum absolute atomic E-state index is 12.2. The molecule has 1 atom stereocenters. The fourth-order valence-electron chi connectivity index (χ4n) is 3.30. The van der Waals surface area contributed by atoms with Gasteiger partial charge in [-0.15, -0.1) is 0 Å². The first-order valence-electron chi connectivity index (χ1n) is 9.00. The second kappa shape index (κ2) is 8.22. The molecule has 3 rings (SSSR count). The van der Waals surface area contributed by atoms with Crippen LogP contribution in [0, 0.1) is 0 Å². The minimum absolute atomic E-state index is 0.0830. The molecule has 0 saturated carbocycles. The van der Waals surface area contributed by atoms with Crippen LogP contribution in [0.4, 0.5) is 5.95 Å². The molecule has 1 N–H and O–H groups in total. The van der Waals surface area contributed by atoms with Crippen molar-refractivity contribution >= 4 is 15.8 Å². The molecule has 1 aliphatic rings. The van der Waals surface area contributed by atoms with Crippen molar-refractivity contribution in [2.24, 2.45) is 0 Å². The first-order valence-corrected chi connectivity index (χ1v) is 10.9. The molecule has 1 aliphatic heterocycles. The number of nitrogens with zero attached hydrogens (tertiary/aromatic N) is 3. The third kappa shape index (κ3) is 4.75. The summed E-state index contributed by atoms with van der Waals surface area (Å²) in [7, 11) is 0.167. The number of hydrogen-bond acceptors (Lipinski definition) is 7. The molecule has 2 heterocycles. The molecular weight excluding hydrogens is 364 g/mol. The Balaban J connectivity index is 1.88. The standard InChI is InChI=1S/C19H26N4O3S/c1-23(13-14-6-8-16(26-2)9-7-14)19-21-12-17(27(3,24)25)18(22-19)15-5-4-10-20-11-15/h6-9,12,15,20H,4-5,10-11,13H2,1-3H3. The normalized spacial score (nSPS) is 17.5.